The van der Waals surface area contributed by atoms with Crippen molar-refractivity contribution < 1.29 is 14.6 Å². The van der Waals surface area contributed by atoms with E-state index in [-0.39, 0.29) is 11.6 Å². The van der Waals surface area contributed by atoms with Crippen LogP contribution in [0.1, 0.15) is 49.5 Å². The van der Waals surface area contributed by atoms with E-state index in [1.54, 1.807) is 7.11 Å². The van der Waals surface area contributed by atoms with Crippen molar-refractivity contribution in [2.24, 2.45) is 5.92 Å². The number of hydrogen-bond acceptors (Lipinski definition) is 4. The Morgan fingerprint density at radius 1 is 1.00 bits per heavy atom. The van der Waals surface area contributed by atoms with E-state index in [4.69, 9.17) is 9.47 Å². The van der Waals surface area contributed by atoms with Crippen molar-refractivity contribution in [1.82, 2.24) is 5.32 Å². The maximum atomic E-state index is 10.7. The molecule has 4 nitrogen and oxygen atoms in total. The number of aliphatic hydroxyl groups is 1. The molecule has 1 aliphatic rings. The van der Waals surface area contributed by atoms with Gasteiger partial charge in [-0.25, -0.2) is 0 Å². The van der Waals surface area contributed by atoms with Crippen LogP contribution in [-0.4, -0.2) is 37.0 Å². The Morgan fingerprint density at radius 3 is 2.48 bits per heavy atom. The van der Waals surface area contributed by atoms with Gasteiger partial charge >= 0.3 is 0 Å². The molecule has 1 aliphatic carbocycles. The average molecular weight is 448 g/mol. The zero-order valence-electron chi connectivity index (χ0n) is 20.1. The Bertz CT molecular complexity index is 1040. The molecular formula is C29H37NO3. The molecule has 176 valence electrons. The highest BCUT2D eigenvalue weighted by Gasteiger charge is 2.34. The lowest BCUT2D eigenvalue weighted by Gasteiger charge is -2.29. The molecule has 0 radical (unpaired) electrons. The van der Waals surface area contributed by atoms with E-state index in [1.165, 1.54) is 40.3 Å². The highest BCUT2D eigenvalue weighted by atomic mass is 16.5. The van der Waals surface area contributed by atoms with Crippen molar-refractivity contribution in [1.29, 1.82) is 0 Å². The summed E-state index contributed by atoms with van der Waals surface area (Å²) >= 11 is 0. The number of nitrogens with one attached hydrogen (secondary N) is 1. The first-order valence-corrected chi connectivity index (χ1v) is 12.0. The third kappa shape index (κ3) is 6.64. The summed E-state index contributed by atoms with van der Waals surface area (Å²) in [5.41, 5.74) is 3.52. The zero-order chi connectivity index (χ0) is 23.3. The van der Waals surface area contributed by atoms with E-state index in [9.17, 15) is 5.11 Å². The SMILES string of the molecule is COCc1ccccc1C(OCC(O)CNC(C)(C)Cc1ccc2ccccc2c1)C1CC1. The Labute approximate surface area is 197 Å². The van der Waals surface area contributed by atoms with Crippen LogP contribution < -0.4 is 5.32 Å². The van der Waals surface area contributed by atoms with Gasteiger partial charge in [0.15, 0.2) is 0 Å². The maximum Gasteiger partial charge on any atom is 0.0898 e. The fourth-order valence-electron chi connectivity index (χ4n) is 4.57. The Morgan fingerprint density at radius 2 is 1.73 bits per heavy atom. The molecule has 0 aromatic heterocycles. The summed E-state index contributed by atoms with van der Waals surface area (Å²) in [6, 6.07) is 23.4. The van der Waals surface area contributed by atoms with Gasteiger partial charge in [0.25, 0.3) is 0 Å². The first-order chi connectivity index (χ1) is 15.9. The number of rotatable bonds is 12. The molecule has 0 amide bonds. The lowest BCUT2D eigenvalue weighted by Crippen LogP contribution is -2.46. The monoisotopic (exact) mass is 447 g/mol. The number of benzene rings is 3. The van der Waals surface area contributed by atoms with Gasteiger partial charge in [-0.05, 0) is 66.5 Å². The van der Waals surface area contributed by atoms with Gasteiger partial charge in [0.05, 0.1) is 25.4 Å². The van der Waals surface area contributed by atoms with E-state index in [1.807, 2.05) is 6.07 Å². The molecule has 33 heavy (non-hydrogen) atoms. The van der Waals surface area contributed by atoms with Gasteiger partial charge in [-0.1, -0.05) is 66.7 Å². The summed E-state index contributed by atoms with van der Waals surface area (Å²) in [4.78, 5) is 0. The summed E-state index contributed by atoms with van der Waals surface area (Å²) < 4.78 is 11.7. The molecule has 0 aliphatic heterocycles. The summed E-state index contributed by atoms with van der Waals surface area (Å²) in [5.74, 6) is 0.535. The van der Waals surface area contributed by atoms with E-state index in [0.717, 1.165) is 6.42 Å². The highest BCUT2D eigenvalue weighted by molar-refractivity contribution is 5.83. The van der Waals surface area contributed by atoms with Crippen LogP contribution in [-0.2, 0) is 22.5 Å². The maximum absolute atomic E-state index is 10.7. The number of fused-ring (bicyclic) bond motifs is 1. The van der Waals surface area contributed by atoms with Crippen LogP contribution in [0.15, 0.2) is 66.7 Å². The van der Waals surface area contributed by atoms with Gasteiger partial charge in [-0.2, -0.15) is 0 Å². The van der Waals surface area contributed by atoms with Gasteiger partial charge in [-0.3, -0.25) is 0 Å². The molecule has 3 aromatic carbocycles. The van der Waals surface area contributed by atoms with Crippen LogP contribution in [0.4, 0.5) is 0 Å². The molecule has 0 bridgehead atoms. The van der Waals surface area contributed by atoms with Crippen molar-refractivity contribution >= 4 is 10.8 Å². The molecule has 3 aromatic rings. The largest absolute Gasteiger partial charge is 0.389 e. The molecule has 0 spiro atoms. The topological polar surface area (TPSA) is 50.7 Å². The summed E-state index contributed by atoms with van der Waals surface area (Å²) in [6.45, 7) is 5.77. The molecule has 2 unspecified atom stereocenters. The van der Waals surface area contributed by atoms with E-state index in [0.29, 0.717) is 25.7 Å². The second kappa shape index (κ2) is 10.8. The number of ether oxygens (including phenoxy) is 2. The predicted molar refractivity (Wildman–Crippen MR) is 134 cm³/mol. The fourth-order valence-corrected chi connectivity index (χ4v) is 4.57. The summed E-state index contributed by atoms with van der Waals surface area (Å²) in [6.07, 6.45) is 2.71. The minimum atomic E-state index is -0.559. The van der Waals surface area contributed by atoms with Crippen molar-refractivity contribution in [2.75, 3.05) is 20.3 Å². The van der Waals surface area contributed by atoms with Crippen LogP contribution in [0, 0.1) is 5.92 Å². The summed E-state index contributed by atoms with van der Waals surface area (Å²) in [7, 11) is 1.72. The van der Waals surface area contributed by atoms with Crippen molar-refractivity contribution in [3.8, 4) is 0 Å². The van der Waals surface area contributed by atoms with Crippen molar-refractivity contribution in [2.45, 2.75) is 57.5 Å². The van der Waals surface area contributed by atoms with E-state index < -0.39 is 6.10 Å². The Hall–Kier alpha value is -2.24. The number of β-amino-alcohol motifs (C(OH)–C–C–N with tert-alkyl or cyclic N) is 1. The minimum Gasteiger partial charge on any atom is -0.389 e. The molecule has 2 atom stereocenters. The number of methoxy groups -OCH3 is 1. The van der Waals surface area contributed by atoms with Crippen LogP contribution in [0.3, 0.4) is 0 Å². The average Bonchev–Trinajstić information content (AvgIpc) is 3.64. The van der Waals surface area contributed by atoms with Gasteiger partial charge in [0.2, 0.25) is 0 Å². The molecule has 0 heterocycles. The fraction of sp³-hybridized carbons (Fsp3) is 0.448. The van der Waals surface area contributed by atoms with Gasteiger partial charge in [0.1, 0.15) is 0 Å². The molecule has 2 N–H and O–H groups in total. The number of hydrogen-bond donors (Lipinski definition) is 2. The van der Waals surface area contributed by atoms with Crippen LogP contribution >= 0.6 is 0 Å². The van der Waals surface area contributed by atoms with Crippen LogP contribution in [0.2, 0.25) is 0 Å². The second-order valence-electron chi connectivity index (χ2n) is 10.0. The third-order valence-electron chi connectivity index (χ3n) is 6.46. The standard InChI is InChI=1S/C29H37NO3/c1-29(2,17-21-12-13-22-8-4-5-9-24(22)16-21)30-18-26(31)20-33-28(23-14-15-23)27-11-7-6-10-25(27)19-32-3/h4-13,16,23,26,28,30-31H,14-15,17-20H2,1-3H3. The molecular weight excluding hydrogens is 410 g/mol. The van der Waals surface area contributed by atoms with E-state index >= 15 is 0 Å². The highest BCUT2D eigenvalue weighted by Crippen LogP contribution is 2.44. The van der Waals surface area contributed by atoms with Crippen molar-refractivity contribution in [3.05, 3.63) is 83.4 Å². The minimum absolute atomic E-state index is 0.0246. The van der Waals surface area contributed by atoms with Crippen LogP contribution in [0.5, 0.6) is 0 Å². The zero-order valence-corrected chi connectivity index (χ0v) is 20.1. The molecule has 4 heteroatoms. The smallest absolute Gasteiger partial charge is 0.0898 e. The second-order valence-corrected chi connectivity index (χ2v) is 10.0. The summed E-state index contributed by atoms with van der Waals surface area (Å²) in [5, 5.41) is 16.7. The lowest BCUT2D eigenvalue weighted by molar-refractivity contribution is -0.0219. The van der Waals surface area contributed by atoms with Gasteiger partial charge in [-0.15, -0.1) is 0 Å². The Balaban J connectivity index is 1.31. The molecule has 0 saturated heterocycles. The third-order valence-corrected chi connectivity index (χ3v) is 6.46. The predicted octanol–water partition coefficient (Wildman–Crippen LogP) is 5.43. The van der Waals surface area contributed by atoms with Crippen molar-refractivity contribution in [3.63, 3.8) is 0 Å². The quantitative estimate of drug-likeness (QED) is 0.389. The first-order valence-electron chi connectivity index (χ1n) is 12.0. The first kappa shape index (κ1) is 23.9. The normalized spacial score (nSPS) is 16.1. The van der Waals surface area contributed by atoms with Gasteiger partial charge < -0.3 is 19.9 Å². The number of aliphatic hydroxyl groups excluding tert-OH is 1. The lowest BCUT2D eigenvalue weighted by atomic mass is 9.93. The molecule has 1 fully saturated rings. The Kier molecular flexibility index (Phi) is 7.82. The van der Waals surface area contributed by atoms with E-state index in [2.05, 4.69) is 79.8 Å². The molecule has 4 rings (SSSR count). The van der Waals surface area contributed by atoms with Crippen LogP contribution in [0.25, 0.3) is 10.8 Å². The van der Waals surface area contributed by atoms with Gasteiger partial charge in [0, 0.05) is 19.2 Å². The molecule has 1 saturated carbocycles.